The van der Waals surface area contributed by atoms with Crippen molar-refractivity contribution in [3.63, 3.8) is 0 Å². The van der Waals surface area contributed by atoms with Crippen LogP contribution in [0.5, 0.6) is 0 Å². The van der Waals surface area contributed by atoms with E-state index in [0.717, 1.165) is 17.7 Å². The first-order chi connectivity index (χ1) is 9.29. The SMILES string of the molecule is C[C@@H](N)c1ccc(-c2cc(C(F)(F)F)ccc2Br)cc1. The summed E-state index contributed by atoms with van der Waals surface area (Å²) in [6.07, 6.45) is -4.35. The average molecular weight is 344 g/mol. The van der Waals surface area contributed by atoms with Crippen LogP contribution in [0.25, 0.3) is 11.1 Å². The van der Waals surface area contributed by atoms with Crippen LogP contribution in [0, 0.1) is 0 Å². The molecule has 106 valence electrons. The second kappa shape index (κ2) is 5.58. The van der Waals surface area contributed by atoms with Crippen LogP contribution in [0.15, 0.2) is 46.9 Å². The molecule has 20 heavy (non-hydrogen) atoms. The van der Waals surface area contributed by atoms with Gasteiger partial charge in [-0.15, -0.1) is 0 Å². The summed E-state index contributed by atoms with van der Waals surface area (Å²) in [6, 6.07) is 10.7. The monoisotopic (exact) mass is 343 g/mol. The molecule has 0 saturated heterocycles. The van der Waals surface area contributed by atoms with E-state index in [9.17, 15) is 13.2 Å². The zero-order chi connectivity index (χ0) is 14.9. The molecule has 0 fully saturated rings. The number of benzene rings is 2. The van der Waals surface area contributed by atoms with Crippen molar-refractivity contribution in [1.82, 2.24) is 0 Å². The van der Waals surface area contributed by atoms with Gasteiger partial charge >= 0.3 is 6.18 Å². The first-order valence-electron chi connectivity index (χ1n) is 6.01. The molecule has 0 amide bonds. The number of nitrogens with two attached hydrogens (primary N) is 1. The molecule has 1 nitrogen and oxygen atoms in total. The number of hydrogen-bond acceptors (Lipinski definition) is 1. The molecule has 2 aromatic rings. The zero-order valence-corrected chi connectivity index (χ0v) is 12.3. The quantitative estimate of drug-likeness (QED) is 0.801. The van der Waals surface area contributed by atoms with E-state index in [1.165, 1.54) is 6.07 Å². The van der Waals surface area contributed by atoms with Crippen LogP contribution in [0.1, 0.15) is 24.1 Å². The van der Waals surface area contributed by atoms with Crippen molar-refractivity contribution in [2.75, 3.05) is 0 Å². The third kappa shape index (κ3) is 3.22. The van der Waals surface area contributed by atoms with Crippen molar-refractivity contribution in [1.29, 1.82) is 0 Å². The summed E-state index contributed by atoms with van der Waals surface area (Å²) in [4.78, 5) is 0. The van der Waals surface area contributed by atoms with Crippen LogP contribution in [0.2, 0.25) is 0 Å². The molecule has 0 bridgehead atoms. The van der Waals surface area contributed by atoms with Crippen LogP contribution in [-0.4, -0.2) is 0 Å². The Morgan fingerprint density at radius 2 is 1.65 bits per heavy atom. The van der Waals surface area contributed by atoms with E-state index in [0.29, 0.717) is 15.6 Å². The summed E-state index contributed by atoms with van der Waals surface area (Å²) >= 11 is 3.29. The van der Waals surface area contributed by atoms with Gasteiger partial charge in [-0.3, -0.25) is 0 Å². The van der Waals surface area contributed by atoms with Crippen molar-refractivity contribution >= 4 is 15.9 Å². The molecule has 0 saturated carbocycles. The molecule has 0 aliphatic heterocycles. The number of rotatable bonds is 2. The van der Waals surface area contributed by atoms with Crippen LogP contribution in [0.3, 0.4) is 0 Å². The molecule has 1 atom stereocenters. The topological polar surface area (TPSA) is 26.0 Å². The number of halogens is 4. The smallest absolute Gasteiger partial charge is 0.324 e. The van der Waals surface area contributed by atoms with E-state index < -0.39 is 11.7 Å². The highest BCUT2D eigenvalue weighted by molar-refractivity contribution is 9.10. The van der Waals surface area contributed by atoms with Gasteiger partial charge in [0.2, 0.25) is 0 Å². The van der Waals surface area contributed by atoms with E-state index in [1.54, 1.807) is 12.1 Å². The Morgan fingerprint density at radius 3 is 2.15 bits per heavy atom. The maximum atomic E-state index is 12.8. The van der Waals surface area contributed by atoms with Crippen molar-refractivity contribution in [2.45, 2.75) is 19.1 Å². The maximum absolute atomic E-state index is 12.8. The first kappa shape index (κ1) is 15.1. The maximum Gasteiger partial charge on any atom is 0.416 e. The minimum absolute atomic E-state index is 0.103. The number of alkyl halides is 3. The third-order valence-corrected chi connectivity index (χ3v) is 3.73. The highest BCUT2D eigenvalue weighted by Crippen LogP contribution is 2.36. The van der Waals surface area contributed by atoms with Gasteiger partial charge in [0, 0.05) is 10.5 Å². The van der Waals surface area contributed by atoms with Crippen molar-refractivity contribution in [3.8, 4) is 11.1 Å². The van der Waals surface area contributed by atoms with E-state index in [1.807, 2.05) is 19.1 Å². The first-order valence-corrected chi connectivity index (χ1v) is 6.81. The van der Waals surface area contributed by atoms with E-state index in [-0.39, 0.29) is 6.04 Å². The molecule has 2 N–H and O–H groups in total. The van der Waals surface area contributed by atoms with Gasteiger partial charge in [0.05, 0.1) is 5.56 Å². The Morgan fingerprint density at radius 1 is 1.05 bits per heavy atom. The minimum atomic E-state index is -4.35. The van der Waals surface area contributed by atoms with Gasteiger partial charge in [-0.1, -0.05) is 40.2 Å². The average Bonchev–Trinajstić information content (AvgIpc) is 2.38. The second-order valence-corrected chi connectivity index (χ2v) is 5.46. The Labute approximate surface area is 123 Å². The molecular weight excluding hydrogens is 331 g/mol. The molecule has 0 spiro atoms. The predicted molar refractivity (Wildman–Crippen MR) is 77.2 cm³/mol. The van der Waals surface area contributed by atoms with E-state index in [4.69, 9.17) is 5.73 Å². The molecule has 2 rings (SSSR count). The predicted octanol–water partition coefficient (Wildman–Crippen LogP) is 5.15. The lowest BCUT2D eigenvalue weighted by Crippen LogP contribution is -2.05. The molecule has 5 heteroatoms. The molecular formula is C15H13BrF3N. The van der Waals surface area contributed by atoms with Gasteiger partial charge in [-0.2, -0.15) is 13.2 Å². The Bertz CT molecular complexity index is 604. The fourth-order valence-electron chi connectivity index (χ4n) is 1.89. The zero-order valence-electron chi connectivity index (χ0n) is 10.7. The lowest BCUT2D eigenvalue weighted by atomic mass is 10.00. The van der Waals surface area contributed by atoms with Crippen LogP contribution in [0.4, 0.5) is 13.2 Å². The molecule has 2 aromatic carbocycles. The lowest BCUT2D eigenvalue weighted by Gasteiger charge is -2.12. The third-order valence-electron chi connectivity index (χ3n) is 3.04. The van der Waals surface area contributed by atoms with Gasteiger partial charge in [-0.05, 0) is 41.8 Å². The van der Waals surface area contributed by atoms with Crippen molar-refractivity contribution in [3.05, 3.63) is 58.1 Å². The summed E-state index contributed by atoms with van der Waals surface area (Å²) in [5, 5.41) is 0. The normalized spacial score (nSPS) is 13.3. The van der Waals surface area contributed by atoms with Gasteiger partial charge in [0.15, 0.2) is 0 Å². The number of hydrogen-bond donors (Lipinski definition) is 1. The fourth-order valence-corrected chi connectivity index (χ4v) is 2.36. The highest BCUT2D eigenvalue weighted by Gasteiger charge is 2.30. The van der Waals surface area contributed by atoms with Gasteiger partial charge in [-0.25, -0.2) is 0 Å². The molecule has 0 aliphatic carbocycles. The van der Waals surface area contributed by atoms with Crippen LogP contribution in [-0.2, 0) is 6.18 Å². The Kier molecular flexibility index (Phi) is 4.20. The van der Waals surface area contributed by atoms with Gasteiger partial charge in [0.25, 0.3) is 0 Å². The second-order valence-electron chi connectivity index (χ2n) is 4.60. The van der Waals surface area contributed by atoms with Crippen molar-refractivity contribution < 1.29 is 13.2 Å². The molecule has 0 radical (unpaired) electrons. The largest absolute Gasteiger partial charge is 0.416 e. The summed E-state index contributed by atoms with van der Waals surface area (Å²) in [6.45, 7) is 1.86. The van der Waals surface area contributed by atoms with Gasteiger partial charge in [0.1, 0.15) is 0 Å². The van der Waals surface area contributed by atoms with E-state index >= 15 is 0 Å². The summed E-state index contributed by atoms with van der Waals surface area (Å²) < 4.78 is 38.9. The van der Waals surface area contributed by atoms with Crippen LogP contribution < -0.4 is 5.73 Å². The molecule has 0 aliphatic rings. The minimum Gasteiger partial charge on any atom is -0.324 e. The van der Waals surface area contributed by atoms with Crippen molar-refractivity contribution in [2.24, 2.45) is 5.73 Å². The lowest BCUT2D eigenvalue weighted by molar-refractivity contribution is -0.137. The molecule has 0 aromatic heterocycles. The standard InChI is InChI=1S/C15H13BrF3N/c1-9(20)10-2-4-11(5-3-10)13-8-12(15(17,18)19)6-7-14(13)16/h2-9H,20H2,1H3/t9-/m1/s1. The fraction of sp³-hybridized carbons (Fsp3) is 0.200. The van der Waals surface area contributed by atoms with Gasteiger partial charge < -0.3 is 5.73 Å². The molecule has 0 heterocycles. The van der Waals surface area contributed by atoms with Crippen LogP contribution >= 0.6 is 15.9 Å². The summed E-state index contributed by atoms with van der Waals surface area (Å²) in [7, 11) is 0. The summed E-state index contributed by atoms with van der Waals surface area (Å²) in [5.74, 6) is 0. The summed E-state index contributed by atoms with van der Waals surface area (Å²) in [5.41, 5.74) is 7.26. The highest BCUT2D eigenvalue weighted by atomic mass is 79.9. The van der Waals surface area contributed by atoms with E-state index in [2.05, 4.69) is 15.9 Å². The molecule has 0 unspecified atom stereocenters. The Hall–Kier alpha value is -1.33. The Balaban J connectivity index is 2.46.